The fourth-order valence-electron chi connectivity index (χ4n) is 5.32. The molecule has 1 heterocycles. The second kappa shape index (κ2) is 16.1. The molecule has 3 amide bonds. The number of carboxylic acids is 1. The summed E-state index contributed by atoms with van der Waals surface area (Å²) in [5, 5.41) is 18.3. The molecule has 2 aromatic rings. The Hall–Kier alpha value is -4.48. The minimum atomic E-state index is -1.34. The van der Waals surface area contributed by atoms with Gasteiger partial charge in [0.1, 0.15) is 29.5 Å². The van der Waals surface area contributed by atoms with Crippen molar-refractivity contribution in [3.05, 3.63) is 41.5 Å². The second-order valence-electron chi connectivity index (χ2n) is 13.7. The topological polar surface area (TPSA) is 162 Å². The first kappa shape index (κ1) is 38.0. The van der Waals surface area contributed by atoms with Crippen LogP contribution in [-0.2, 0) is 32.0 Å². The minimum absolute atomic E-state index is 0.0318. The number of aliphatic carboxylic acids is 1. The number of hydrogen-bond acceptors (Lipinski definition) is 8. The molecular formula is C36H51N3O9. The summed E-state index contributed by atoms with van der Waals surface area (Å²) in [5.74, 6) is -1.58. The number of hydrogen-bond donors (Lipinski definition) is 4. The lowest BCUT2D eigenvalue weighted by Gasteiger charge is -2.28. The van der Waals surface area contributed by atoms with Crippen LogP contribution in [0.4, 0.5) is 4.79 Å². The smallest absolute Gasteiger partial charge is 0.408 e. The SMILES string of the molecule is CC[C@H](C)[C@@H]1NC(=O)[C@@H](NC(=O)OC(C)(C)C)Cc2ccc(OC)c(c2)-c2cc(cc(OC(C)C)c2OC(C)C)C[C@@H](C(=O)O)NC1=O. The molecule has 0 saturated carbocycles. The first-order chi connectivity index (χ1) is 22.4. The van der Waals surface area contributed by atoms with E-state index in [2.05, 4.69) is 16.0 Å². The fraction of sp³-hybridized carbons (Fsp3) is 0.556. The molecule has 3 rings (SSSR count). The molecule has 12 heteroatoms. The monoisotopic (exact) mass is 669 g/mol. The Bertz CT molecular complexity index is 1480. The highest BCUT2D eigenvalue weighted by atomic mass is 16.6. The third kappa shape index (κ3) is 10.3. The van der Waals surface area contributed by atoms with Gasteiger partial charge in [0.15, 0.2) is 11.5 Å². The highest BCUT2D eigenvalue weighted by Crippen LogP contribution is 2.44. The predicted octanol–water partition coefficient (Wildman–Crippen LogP) is 5.03. The zero-order valence-electron chi connectivity index (χ0n) is 29.7. The van der Waals surface area contributed by atoms with Crippen LogP contribution in [0.25, 0.3) is 11.1 Å². The first-order valence-electron chi connectivity index (χ1n) is 16.4. The molecule has 2 aromatic carbocycles. The lowest BCUT2D eigenvalue weighted by atomic mass is 9.94. The van der Waals surface area contributed by atoms with E-state index in [0.717, 1.165) is 0 Å². The third-order valence-corrected chi connectivity index (χ3v) is 7.68. The first-order valence-corrected chi connectivity index (χ1v) is 16.4. The Morgan fingerprint density at radius 2 is 1.54 bits per heavy atom. The van der Waals surface area contributed by atoms with E-state index in [-0.39, 0.29) is 31.0 Å². The van der Waals surface area contributed by atoms with Crippen molar-refractivity contribution in [3.8, 4) is 28.4 Å². The Balaban J connectivity index is 2.34. The number of carbonyl (C=O) groups excluding carboxylic acids is 3. The average molecular weight is 670 g/mol. The molecule has 0 unspecified atom stereocenters. The number of benzene rings is 2. The van der Waals surface area contributed by atoms with Gasteiger partial charge in [-0.05, 0) is 89.8 Å². The minimum Gasteiger partial charge on any atom is -0.496 e. The lowest BCUT2D eigenvalue weighted by Crippen LogP contribution is -2.58. The number of carboxylic acid groups (broad SMARTS) is 1. The van der Waals surface area contributed by atoms with Crippen molar-refractivity contribution in [2.75, 3.05) is 7.11 Å². The lowest BCUT2D eigenvalue weighted by molar-refractivity contribution is -0.142. The van der Waals surface area contributed by atoms with E-state index in [1.807, 2.05) is 40.7 Å². The maximum atomic E-state index is 13.9. The Kier molecular flexibility index (Phi) is 12.7. The zero-order valence-corrected chi connectivity index (χ0v) is 29.7. The number of fused-ring (bicyclic) bond motifs is 5. The Morgan fingerprint density at radius 1 is 0.896 bits per heavy atom. The van der Waals surface area contributed by atoms with E-state index in [1.165, 1.54) is 7.11 Å². The molecule has 1 aliphatic rings. The maximum Gasteiger partial charge on any atom is 0.408 e. The molecule has 12 nitrogen and oxygen atoms in total. The zero-order chi connectivity index (χ0) is 35.9. The largest absolute Gasteiger partial charge is 0.496 e. The molecule has 0 saturated heterocycles. The Morgan fingerprint density at radius 3 is 2.10 bits per heavy atom. The van der Waals surface area contributed by atoms with Gasteiger partial charge in [-0.25, -0.2) is 9.59 Å². The average Bonchev–Trinajstić information content (AvgIpc) is 2.97. The number of amides is 3. The van der Waals surface area contributed by atoms with Crippen LogP contribution in [0.5, 0.6) is 17.2 Å². The van der Waals surface area contributed by atoms with Gasteiger partial charge in [0, 0.05) is 24.0 Å². The number of alkyl carbamates (subject to hydrolysis) is 1. The van der Waals surface area contributed by atoms with Gasteiger partial charge in [0.2, 0.25) is 11.8 Å². The molecule has 48 heavy (non-hydrogen) atoms. The molecule has 0 spiro atoms. The van der Waals surface area contributed by atoms with E-state index < -0.39 is 47.6 Å². The van der Waals surface area contributed by atoms with Gasteiger partial charge < -0.3 is 40.0 Å². The van der Waals surface area contributed by atoms with Crippen LogP contribution in [-0.4, -0.2) is 72.0 Å². The molecule has 4 bridgehead atoms. The van der Waals surface area contributed by atoms with Gasteiger partial charge >= 0.3 is 12.1 Å². The summed E-state index contributed by atoms with van der Waals surface area (Å²) in [7, 11) is 1.53. The van der Waals surface area contributed by atoms with Gasteiger partial charge in [0.05, 0.1) is 19.3 Å². The van der Waals surface area contributed by atoms with Crippen LogP contribution in [0.1, 0.15) is 79.9 Å². The predicted molar refractivity (Wildman–Crippen MR) is 181 cm³/mol. The van der Waals surface area contributed by atoms with Crippen LogP contribution >= 0.6 is 0 Å². The molecule has 0 aromatic heterocycles. The van der Waals surface area contributed by atoms with Crippen LogP contribution < -0.4 is 30.2 Å². The van der Waals surface area contributed by atoms with Crippen molar-refractivity contribution in [1.82, 2.24) is 16.0 Å². The number of rotatable bonds is 9. The Labute approximate surface area is 283 Å². The van der Waals surface area contributed by atoms with Crippen LogP contribution in [0.2, 0.25) is 0 Å². The number of carbonyl (C=O) groups is 4. The summed E-state index contributed by atoms with van der Waals surface area (Å²) in [6.45, 7) is 16.3. The fourth-order valence-corrected chi connectivity index (χ4v) is 5.32. The molecule has 0 fully saturated rings. The molecule has 1 aliphatic heterocycles. The molecule has 0 aliphatic carbocycles. The van der Waals surface area contributed by atoms with Crippen molar-refractivity contribution >= 4 is 23.9 Å². The molecule has 4 atom stereocenters. The standard InChI is InChI=1S/C36H51N3O9/c1-11-21(6)30-33(41)37-27(34(42)43)17-23-15-25(31(47-20(4)5)29(18-23)46-19(2)3)24-14-22(12-13-28(24)45-10)16-26(32(40)39-30)38-35(44)48-36(7,8)9/h12-15,18-21,26-27,30H,11,16-17H2,1-10H3,(H,37,41)(H,38,44)(H,39,40)(H,42,43)/t21-,26-,27-,30-/m0/s1. The third-order valence-electron chi connectivity index (χ3n) is 7.68. The highest BCUT2D eigenvalue weighted by Gasteiger charge is 2.34. The van der Waals surface area contributed by atoms with Gasteiger partial charge in [0.25, 0.3) is 0 Å². The summed E-state index contributed by atoms with van der Waals surface area (Å²) < 4.78 is 23.8. The van der Waals surface area contributed by atoms with E-state index in [0.29, 0.717) is 45.9 Å². The van der Waals surface area contributed by atoms with E-state index in [9.17, 15) is 24.3 Å². The quantitative estimate of drug-likeness (QED) is 0.287. The summed E-state index contributed by atoms with van der Waals surface area (Å²) in [6, 6.07) is 5.34. The number of methoxy groups -OCH3 is 1. The van der Waals surface area contributed by atoms with Crippen LogP contribution in [0.15, 0.2) is 30.3 Å². The van der Waals surface area contributed by atoms with Crippen molar-refractivity contribution in [1.29, 1.82) is 0 Å². The van der Waals surface area contributed by atoms with Crippen molar-refractivity contribution in [3.63, 3.8) is 0 Å². The molecular weight excluding hydrogens is 618 g/mol. The summed E-state index contributed by atoms with van der Waals surface area (Å²) in [6.07, 6.45) is -0.838. The van der Waals surface area contributed by atoms with Gasteiger partial charge in [-0.2, -0.15) is 0 Å². The van der Waals surface area contributed by atoms with Gasteiger partial charge in [-0.15, -0.1) is 0 Å². The summed E-state index contributed by atoms with van der Waals surface area (Å²) in [5.41, 5.74) is 1.57. The molecule has 0 radical (unpaired) electrons. The normalized spacial score (nSPS) is 19.3. The molecule has 4 N–H and O–H groups in total. The second-order valence-corrected chi connectivity index (χ2v) is 13.7. The summed E-state index contributed by atoms with van der Waals surface area (Å²) in [4.78, 5) is 53.1. The summed E-state index contributed by atoms with van der Waals surface area (Å²) >= 11 is 0. The van der Waals surface area contributed by atoms with Crippen molar-refractivity contribution in [2.45, 2.75) is 118 Å². The maximum absolute atomic E-state index is 13.9. The van der Waals surface area contributed by atoms with Gasteiger partial charge in [-0.3, -0.25) is 9.59 Å². The van der Waals surface area contributed by atoms with Crippen LogP contribution in [0.3, 0.4) is 0 Å². The number of ether oxygens (including phenoxy) is 4. The van der Waals surface area contributed by atoms with Crippen LogP contribution in [0, 0.1) is 5.92 Å². The molecule has 264 valence electrons. The van der Waals surface area contributed by atoms with Crippen molar-refractivity contribution in [2.24, 2.45) is 5.92 Å². The highest BCUT2D eigenvalue weighted by molar-refractivity contribution is 5.93. The van der Waals surface area contributed by atoms with E-state index in [1.54, 1.807) is 52.0 Å². The van der Waals surface area contributed by atoms with E-state index in [4.69, 9.17) is 18.9 Å². The van der Waals surface area contributed by atoms with E-state index >= 15 is 0 Å². The van der Waals surface area contributed by atoms with Gasteiger partial charge in [-0.1, -0.05) is 26.3 Å². The van der Waals surface area contributed by atoms with Crippen molar-refractivity contribution < 1.29 is 43.2 Å². The number of nitrogens with one attached hydrogen (secondary N) is 3.